The van der Waals surface area contributed by atoms with Crippen LogP contribution in [0.4, 0.5) is 5.69 Å². The van der Waals surface area contributed by atoms with Gasteiger partial charge in [0.1, 0.15) is 5.01 Å². The summed E-state index contributed by atoms with van der Waals surface area (Å²) in [7, 11) is 0. The van der Waals surface area contributed by atoms with Gasteiger partial charge in [0.25, 0.3) is 0 Å². The van der Waals surface area contributed by atoms with Crippen LogP contribution in [0.25, 0.3) is 20.8 Å². The topological polar surface area (TPSA) is 42.0 Å². The number of aromatic nitrogens is 1. The quantitative estimate of drug-likeness (QED) is 0.355. The minimum absolute atomic E-state index is 0.140. The van der Waals surface area contributed by atoms with E-state index in [-0.39, 0.29) is 5.78 Å². The number of hydrogen-bond acceptors (Lipinski definition) is 4. The summed E-state index contributed by atoms with van der Waals surface area (Å²) in [5.74, 6) is 0.140. The number of benzene rings is 3. The number of rotatable bonds is 6. The first-order chi connectivity index (χ1) is 13.2. The van der Waals surface area contributed by atoms with Crippen LogP contribution in [0.2, 0.25) is 0 Å². The molecule has 0 aliphatic rings. The normalized spacial score (nSPS) is 10.9. The second kappa shape index (κ2) is 8.03. The molecule has 0 radical (unpaired) electrons. The van der Waals surface area contributed by atoms with Crippen LogP contribution in [0.1, 0.15) is 16.8 Å². The lowest BCUT2D eigenvalue weighted by Gasteiger charge is -2.07. The highest BCUT2D eigenvalue weighted by molar-refractivity contribution is 9.10. The van der Waals surface area contributed by atoms with Gasteiger partial charge in [-0.3, -0.25) is 4.79 Å². The highest BCUT2D eigenvalue weighted by Gasteiger charge is 2.07. The van der Waals surface area contributed by atoms with Crippen molar-refractivity contribution < 1.29 is 4.79 Å². The van der Waals surface area contributed by atoms with Crippen molar-refractivity contribution in [2.45, 2.75) is 6.42 Å². The van der Waals surface area contributed by atoms with Gasteiger partial charge in [-0.25, -0.2) is 4.98 Å². The lowest BCUT2D eigenvalue weighted by atomic mass is 10.1. The van der Waals surface area contributed by atoms with Crippen molar-refractivity contribution in [3.8, 4) is 10.6 Å². The number of Topliss-reactive ketones (excluding diaryl/α,β-unsaturated/α-hetero) is 1. The Morgan fingerprint density at radius 3 is 2.44 bits per heavy atom. The van der Waals surface area contributed by atoms with Crippen molar-refractivity contribution >= 4 is 49.0 Å². The molecule has 5 heteroatoms. The van der Waals surface area contributed by atoms with Crippen molar-refractivity contribution in [1.29, 1.82) is 0 Å². The molecule has 0 aliphatic heterocycles. The molecule has 0 spiro atoms. The molecule has 3 aromatic carbocycles. The number of nitrogens with one attached hydrogen (secondary N) is 1. The molecule has 4 aromatic rings. The third-order valence-corrected chi connectivity index (χ3v) is 5.89. The molecule has 0 aliphatic carbocycles. The number of fused-ring (bicyclic) bond motifs is 1. The molecule has 3 nitrogen and oxygen atoms in total. The SMILES string of the molecule is O=C(CCNc1ccc(-c2nc3ccccc3s2)cc1)c1ccc(Br)cc1. The molecule has 0 bridgehead atoms. The van der Waals surface area contributed by atoms with Crippen LogP contribution in [0.15, 0.2) is 77.3 Å². The van der Waals surface area contributed by atoms with Gasteiger partial charge in [-0.15, -0.1) is 11.3 Å². The molecular weight excluding hydrogens is 420 g/mol. The van der Waals surface area contributed by atoms with Gasteiger partial charge >= 0.3 is 0 Å². The van der Waals surface area contributed by atoms with Crippen molar-refractivity contribution in [2.75, 3.05) is 11.9 Å². The minimum atomic E-state index is 0.140. The number of thiazole rings is 1. The highest BCUT2D eigenvalue weighted by atomic mass is 79.9. The highest BCUT2D eigenvalue weighted by Crippen LogP contribution is 2.30. The van der Waals surface area contributed by atoms with Crippen molar-refractivity contribution in [2.24, 2.45) is 0 Å². The third-order valence-electron chi connectivity index (χ3n) is 4.27. The summed E-state index contributed by atoms with van der Waals surface area (Å²) in [6.07, 6.45) is 0.460. The maximum absolute atomic E-state index is 12.2. The monoisotopic (exact) mass is 436 g/mol. The zero-order valence-corrected chi connectivity index (χ0v) is 16.9. The summed E-state index contributed by atoms with van der Waals surface area (Å²) in [6, 6.07) is 23.8. The molecule has 1 heterocycles. The molecular formula is C22H17BrN2OS. The van der Waals surface area contributed by atoms with Crippen LogP contribution in [-0.2, 0) is 0 Å². The van der Waals surface area contributed by atoms with E-state index in [4.69, 9.17) is 0 Å². The number of halogens is 1. The molecule has 4 rings (SSSR count). The van der Waals surface area contributed by atoms with Gasteiger partial charge in [0, 0.05) is 34.3 Å². The largest absolute Gasteiger partial charge is 0.385 e. The van der Waals surface area contributed by atoms with Gasteiger partial charge in [-0.05, 0) is 48.5 Å². The van der Waals surface area contributed by atoms with Crippen molar-refractivity contribution in [3.63, 3.8) is 0 Å². The van der Waals surface area contributed by atoms with Gasteiger partial charge in [-0.2, -0.15) is 0 Å². The van der Waals surface area contributed by atoms with E-state index in [2.05, 4.69) is 44.4 Å². The number of para-hydroxylation sites is 1. The maximum Gasteiger partial charge on any atom is 0.164 e. The molecule has 1 aromatic heterocycles. The fourth-order valence-corrected chi connectivity index (χ4v) is 4.06. The minimum Gasteiger partial charge on any atom is -0.385 e. The molecule has 1 N–H and O–H groups in total. The number of carbonyl (C=O) groups is 1. The van der Waals surface area contributed by atoms with Gasteiger partial charge in [-0.1, -0.05) is 40.2 Å². The average Bonchev–Trinajstić information content (AvgIpc) is 3.13. The van der Waals surface area contributed by atoms with Crippen LogP contribution in [-0.4, -0.2) is 17.3 Å². The van der Waals surface area contributed by atoms with Gasteiger partial charge in [0.2, 0.25) is 0 Å². The van der Waals surface area contributed by atoms with E-state index in [0.29, 0.717) is 13.0 Å². The van der Waals surface area contributed by atoms with E-state index in [1.807, 2.05) is 54.6 Å². The van der Waals surface area contributed by atoms with Crippen LogP contribution in [0.3, 0.4) is 0 Å². The Kier molecular flexibility index (Phi) is 5.32. The van der Waals surface area contributed by atoms with Gasteiger partial charge in [0.05, 0.1) is 10.2 Å². The molecule has 134 valence electrons. The average molecular weight is 437 g/mol. The molecule has 0 amide bonds. The summed E-state index contributed by atoms with van der Waals surface area (Å²) in [5.41, 5.74) is 3.88. The summed E-state index contributed by atoms with van der Waals surface area (Å²) in [4.78, 5) is 16.9. The predicted octanol–water partition coefficient (Wildman–Crippen LogP) is 6.41. The lowest BCUT2D eigenvalue weighted by Crippen LogP contribution is -2.08. The summed E-state index contributed by atoms with van der Waals surface area (Å²) < 4.78 is 2.17. The molecule has 0 atom stereocenters. The standard InChI is InChI=1S/C22H17BrN2OS/c23-17-9-5-15(6-10-17)20(26)13-14-24-18-11-7-16(8-12-18)22-25-19-3-1-2-4-21(19)27-22/h1-12,24H,13-14H2. The Bertz CT molecular complexity index is 1040. The Morgan fingerprint density at radius 2 is 1.70 bits per heavy atom. The van der Waals surface area contributed by atoms with E-state index < -0.39 is 0 Å². The summed E-state index contributed by atoms with van der Waals surface area (Å²) in [6.45, 7) is 0.607. The number of ketones is 1. The third kappa shape index (κ3) is 4.26. The van der Waals surface area contributed by atoms with Crippen LogP contribution in [0.5, 0.6) is 0 Å². The van der Waals surface area contributed by atoms with Crippen LogP contribution in [0, 0.1) is 0 Å². The molecule has 0 saturated heterocycles. The fraction of sp³-hybridized carbons (Fsp3) is 0.0909. The first kappa shape index (κ1) is 17.9. The Morgan fingerprint density at radius 1 is 0.963 bits per heavy atom. The van der Waals surface area contributed by atoms with Crippen LogP contribution >= 0.6 is 27.3 Å². The first-order valence-corrected chi connectivity index (χ1v) is 10.3. The summed E-state index contributed by atoms with van der Waals surface area (Å²) >= 11 is 5.08. The number of nitrogens with zero attached hydrogens (tertiary/aromatic N) is 1. The van der Waals surface area contributed by atoms with Gasteiger partial charge in [0.15, 0.2) is 5.78 Å². The van der Waals surface area contributed by atoms with Crippen LogP contribution < -0.4 is 5.32 Å². The van der Waals surface area contributed by atoms with E-state index in [1.54, 1.807) is 11.3 Å². The zero-order chi connectivity index (χ0) is 18.6. The zero-order valence-electron chi connectivity index (χ0n) is 14.5. The number of anilines is 1. The fourth-order valence-electron chi connectivity index (χ4n) is 2.83. The first-order valence-electron chi connectivity index (χ1n) is 8.68. The Labute approximate surface area is 170 Å². The molecule has 0 saturated carbocycles. The van der Waals surface area contributed by atoms with Crippen molar-refractivity contribution in [3.05, 3.63) is 82.8 Å². The summed E-state index contributed by atoms with van der Waals surface area (Å²) in [5, 5.41) is 4.34. The van der Waals surface area contributed by atoms with Gasteiger partial charge < -0.3 is 5.32 Å². The maximum atomic E-state index is 12.2. The Balaban J connectivity index is 1.36. The second-order valence-electron chi connectivity index (χ2n) is 6.17. The lowest BCUT2D eigenvalue weighted by molar-refractivity contribution is 0.0986. The molecule has 27 heavy (non-hydrogen) atoms. The molecule has 0 fully saturated rings. The van der Waals surface area contributed by atoms with E-state index in [1.165, 1.54) is 4.70 Å². The van der Waals surface area contributed by atoms with E-state index >= 15 is 0 Å². The Hall–Kier alpha value is -2.50. The van der Waals surface area contributed by atoms with E-state index in [0.717, 1.165) is 31.8 Å². The number of carbonyl (C=O) groups excluding carboxylic acids is 1. The second-order valence-corrected chi connectivity index (χ2v) is 8.12. The molecule has 0 unspecified atom stereocenters. The predicted molar refractivity (Wildman–Crippen MR) is 117 cm³/mol. The smallest absolute Gasteiger partial charge is 0.164 e. The van der Waals surface area contributed by atoms with E-state index in [9.17, 15) is 4.79 Å². The van der Waals surface area contributed by atoms with Crippen molar-refractivity contribution in [1.82, 2.24) is 4.98 Å². The number of hydrogen-bond donors (Lipinski definition) is 1.